The first kappa shape index (κ1) is 12.1. The van der Waals surface area contributed by atoms with Gasteiger partial charge in [-0.05, 0) is 6.07 Å². The molecule has 1 aromatic heterocycles. The van der Waals surface area contributed by atoms with Crippen molar-refractivity contribution in [3.8, 4) is 0 Å². The third kappa shape index (κ3) is 3.06. The van der Waals surface area contributed by atoms with Gasteiger partial charge in [0.25, 0.3) is 0 Å². The van der Waals surface area contributed by atoms with Crippen LogP contribution in [0.5, 0.6) is 0 Å². The van der Waals surface area contributed by atoms with Crippen LogP contribution in [0.15, 0.2) is 16.7 Å². The number of furan rings is 1. The number of carboxylic acid groups (broad SMARTS) is 1. The van der Waals surface area contributed by atoms with Crippen LogP contribution in [-0.2, 0) is 11.3 Å². The van der Waals surface area contributed by atoms with Crippen LogP contribution >= 0.6 is 0 Å². The van der Waals surface area contributed by atoms with E-state index < -0.39 is 11.6 Å². The van der Waals surface area contributed by atoms with Crippen LogP contribution in [0.4, 0.5) is 0 Å². The summed E-state index contributed by atoms with van der Waals surface area (Å²) >= 11 is 0. The molecule has 1 aliphatic rings. The second kappa shape index (κ2) is 4.87. The molecule has 3 N–H and O–H groups in total. The van der Waals surface area contributed by atoms with E-state index in [0.29, 0.717) is 38.5 Å². The Morgan fingerprint density at radius 2 is 2.41 bits per heavy atom. The molecule has 0 aromatic carbocycles. The smallest absolute Gasteiger partial charge is 0.338 e. The number of aromatic carboxylic acids is 1. The molecule has 0 amide bonds. The summed E-state index contributed by atoms with van der Waals surface area (Å²) in [5.74, 6) is -0.479. The topological polar surface area (TPSA) is 91.9 Å². The molecule has 0 aliphatic carbocycles. The minimum Gasteiger partial charge on any atom is -0.478 e. The molecule has 0 radical (unpaired) electrons. The Balaban J connectivity index is 1.79. The number of nitrogens with one attached hydrogen (secondary N) is 1. The first-order chi connectivity index (χ1) is 8.09. The van der Waals surface area contributed by atoms with Crippen molar-refractivity contribution >= 4 is 5.97 Å². The number of carboxylic acids is 1. The molecule has 1 saturated heterocycles. The summed E-state index contributed by atoms with van der Waals surface area (Å²) in [5.41, 5.74) is -0.688. The van der Waals surface area contributed by atoms with Gasteiger partial charge in [0.05, 0.1) is 18.7 Å². The van der Waals surface area contributed by atoms with E-state index in [2.05, 4.69) is 5.32 Å². The molecule has 2 heterocycles. The molecular weight excluding hydrogens is 226 g/mol. The highest BCUT2D eigenvalue weighted by Gasteiger charge is 2.31. The summed E-state index contributed by atoms with van der Waals surface area (Å²) in [6.07, 6.45) is 1.81. The van der Waals surface area contributed by atoms with Crippen LogP contribution in [0.2, 0.25) is 0 Å². The standard InChI is InChI=1S/C11H15NO5/c13-10(14)8-3-9(17-5-8)4-12-6-11(15)1-2-16-7-11/h3,5,12,15H,1-2,4,6-7H2,(H,13,14). The van der Waals surface area contributed by atoms with Crippen LogP contribution in [0.3, 0.4) is 0 Å². The Bertz CT molecular complexity index is 394. The van der Waals surface area contributed by atoms with Crippen LogP contribution in [0, 0.1) is 0 Å². The van der Waals surface area contributed by atoms with Crippen LogP contribution < -0.4 is 5.32 Å². The number of carbonyl (C=O) groups is 1. The molecule has 6 heteroatoms. The molecule has 2 rings (SSSR count). The molecule has 1 fully saturated rings. The maximum Gasteiger partial charge on any atom is 0.338 e. The van der Waals surface area contributed by atoms with Gasteiger partial charge in [-0.15, -0.1) is 0 Å². The first-order valence-electron chi connectivity index (χ1n) is 5.41. The van der Waals surface area contributed by atoms with Crippen molar-refractivity contribution in [2.75, 3.05) is 19.8 Å². The van der Waals surface area contributed by atoms with Crippen LogP contribution in [-0.4, -0.2) is 41.5 Å². The molecule has 6 nitrogen and oxygen atoms in total. The fourth-order valence-electron chi connectivity index (χ4n) is 1.74. The minimum absolute atomic E-state index is 0.129. The molecule has 94 valence electrons. The van der Waals surface area contributed by atoms with E-state index in [1.54, 1.807) is 0 Å². The molecule has 1 atom stereocenters. The molecular formula is C11H15NO5. The molecule has 17 heavy (non-hydrogen) atoms. The van der Waals surface area contributed by atoms with Gasteiger partial charge in [-0.2, -0.15) is 0 Å². The van der Waals surface area contributed by atoms with Gasteiger partial charge in [-0.25, -0.2) is 4.79 Å². The Kier molecular flexibility index (Phi) is 3.46. The summed E-state index contributed by atoms with van der Waals surface area (Å²) < 4.78 is 10.2. The van der Waals surface area contributed by atoms with E-state index in [-0.39, 0.29) is 5.56 Å². The lowest BCUT2D eigenvalue weighted by Crippen LogP contribution is -2.40. The summed E-state index contributed by atoms with van der Waals surface area (Å²) in [6, 6.07) is 1.46. The second-order valence-corrected chi connectivity index (χ2v) is 4.24. The molecule has 1 aliphatic heterocycles. The van der Waals surface area contributed by atoms with E-state index in [4.69, 9.17) is 14.3 Å². The average Bonchev–Trinajstić information content (AvgIpc) is 2.88. The number of ether oxygens (including phenoxy) is 1. The number of rotatable bonds is 5. The third-order valence-corrected chi connectivity index (χ3v) is 2.74. The SMILES string of the molecule is O=C(O)c1coc(CNCC2(O)CCOC2)c1. The van der Waals surface area contributed by atoms with Gasteiger partial charge in [-0.3, -0.25) is 0 Å². The second-order valence-electron chi connectivity index (χ2n) is 4.24. The minimum atomic E-state index is -1.01. The fraction of sp³-hybridized carbons (Fsp3) is 0.545. The summed E-state index contributed by atoms with van der Waals surface area (Å²) in [5, 5.41) is 21.7. The zero-order chi connectivity index (χ0) is 12.3. The highest BCUT2D eigenvalue weighted by atomic mass is 16.5. The summed E-state index contributed by atoms with van der Waals surface area (Å²) in [7, 11) is 0. The predicted octanol–water partition coefficient (Wildman–Crippen LogP) is 0.219. The Morgan fingerprint density at radius 1 is 1.59 bits per heavy atom. The van der Waals surface area contributed by atoms with Gasteiger partial charge < -0.3 is 24.7 Å². The first-order valence-corrected chi connectivity index (χ1v) is 5.41. The molecule has 0 spiro atoms. The Labute approximate surface area is 98.2 Å². The van der Waals surface area contributed by atoms with Gasteiger partial charge in [0.2, 0.25) is 0 Å². The maximum absolute atomic E-state index is 10.6. The monoisotopic (exact) mass is 241 g/mol. The van der Waals surface area contributed by atoms with Crippen molar-refractivity contribution in [3.05, 3.63) is 23.7 Å². The van der Waals surface area contributed by atoms with Crippen molar-refractivity contribution in [2.45, 2.75) is 18.6 Å². The average molecular weight is 241 g/mol. The zero-order valence-corrected chi connectivity index (χ0v) is 9.31. The molecule has 1 aromatic rings. The van der Waals surface area contributed by atoms with E-state index in [1.807, 2.05) is 0 Å². The lowest BCUT2D eigenvalue weighted by Gasteiger charge is -2.20. The van der Waals surface area contributed by atoms with Gasteiger partial charge in [0, 0.05) is 19.6 Å². The van der Waals surface area contributed by atoms with Crippen LogP contribution in [0.1, 0.15) is 22.5 Å². The summed E-state index contributed by atoms with van der Waals surface area (Å²) in [4.78, 5) is 10.6. The highest BCUT2D eigenvalue weighted by molar-refractivity contribution is 5.87. The fourth-order valence-corrected chi connectivity index (χ4v) is 1.74. The lowest BCUT2D eigenvalue weighted by molar-refractivity contribution is 0.0265. The number of hydrogen-bond donors (Lipinski definition) is 3. The number of hydrogen-bond acceptors (Lipinski definition) is 5. The molecule has 1 unspecified atom stereocenters. The van der Waals surface area contributed by atoms with E-state index >= 15 is 0 Å². The van der Waals surface area contributed by atoms with Gasteiger partial charge in [0.1, 0.15) is 17.6 Å². The van der Waals surface area contributed by atoms with E-state index in [1.165, 1.54) is 12.3 Å². The van der Waals surface area contributed by atoms with E-state index in [0.717, 1.165) is 0 Å². The van der Waals surface area contributed by atoms with Crippen molar-refractivity contribution in [1.29, 1.82) is 0 Å². The Hall–Kier alpha value is -1.37. The largest absolute Gasteiger partial charge is 0.478 e. The van der Waals surface area contributed by atoms with Crippen LogP contribution in [0.25, 0.3) is 0 Å². The van der Waals surface area contributed by atoms with Gasteiger partial charge in [0.15, 0.2) is 0 Å². The quantitative estimate of drug-likeness (QED) is 0.683. The molecule has 0 saturated carbocycles. The molecule has 0 bridgehead atoms. The maximum atomic E-state index is 10.6. The highest BCUT2D eigenvalue weighted by Crippen LogP contribution is 2.17. The summed E-state index contributed by atoms with van der Waals surface area (Å²) in [6.45, 7) is 1.69. The van der Waals surface area contributed by atoms with Gasteiger partial charge >= 0.3 is 5.97 Å². The van der Waals surface area contributed by atoms with Crippen molar-refractivity contribution in [1.82, 2.24) is 5.32 Å². The Morgan fingerprint density at radius 3 is 3.00 bits per heavy atom. The van der Waals surface area contributed by atoms with Gasteiger partial charge in [-0.1, -0.05) is 0 Å². The lowest BCUT2D eigenvalue weighted by atomic mass is 10.0. The zero-order valence-electron chi connectivity index (χ0n) is 9.31. The third-order valence-electron chi connectivity index (χ3n) is 2.74. The van der Waals surface area contributed by atoms with E-state index in [9.17, 15) is 9.90 Å². The van der Waals surface area contributed by atoms with Crippen molar-refractivity contribution in [3.63, 3.8) is 0 Å². The van der Waals surface area contributed by atoms with Crippen molar-refractivity contribution in [2.24, 2.45) is 0 Å². The van der Waals surface area contributed by atoms with Crippen molar-refractivity contribution < 1.29 is 24.2 Å². The predicted molar refractivity (Wildman–Crippen MR) is 57.8 cm³/mol. The number of aliphatic hydroxyl groups is 1. The normalized spacial score (nSPS) is 24.1.